The molecule has 2 heterocycles. The highest BCUT2D eigenvalue weighted by Crippen LogP contribution is 2.29. The molecular weight excluding hydrogens is 337 g/mol. The van der Waals surface area contributed by atoms with Gasteiger partial charge in [-0.15, -0.1) is 0 Å². The molecule has 0 bridgehead atoms. The van der Waals surface area contributed by atoms with E-state index < -0.39 is 11.7 Å². The number of nitrogens with zero attached hydrogens (tertiary/aromatic N) is 2. The quantitative estimate of drug-likeness (QED) is 0.529. The van der Waals surface area contributed by atoms with Gasteiger partial charge in [0.05, 0.1) is 21.1 Å². The van der Waals surface area contributed by atoms with Gasteiger partial charge in [0.25, 0.3) is 5.56 Å². The van der Waals surface area contributed by atoms with Gasteiger partial charge in [-0.05, 0) is 35.9 Å². The van der Waals surface area contributed by atoms with E-state index >= 15 is 0 Å². The Morgan fingerprint density at radius 3 is 2.67 bits per heavy atom. The van der Waals surface area contributed by atoms with E-state index in [4.69, 9.17) is 0 Å². The molecule has 4 rings (SSSR count). The highest BCUT2D eigenvalue weighted by molar-refractivity contribution is 7.15. The average molecular weight is 346 g/mol. The van der Waals surface area contributed by atoms with Gasteiger partial charge in [-0.3, -0.25) is 4.79 Å². The summed E-state index contributed by atoms with van der Waals surface area (Å²) < 4.78 is 40.2. The van der Waals surface area contributed by atoms with Gasteiger partial charge in [-0.1, -0.05) is 35.6 Å². The van der Waals surface area contributed by atoms with Crippen molar-refractivity contribution >= 4 is 33.4 Å². The molecule has 4 aromatic rings. The van der Waals surface area contributed by atoms with Gasteiger partial charge in [-0.2, -0.15) is 13.2 Å². The molecule has 0 N–H and O–H groups in total. The Labute approximate surface area is 137 Å². The fourth-order valence-electron chi connectivity index (χ4n) is 2.57. The molecule has 7 heteroatoms. The van der Waals surface area contributed by atoms with Crippen molar-refractivity contribution in [2.45, 2.75) is 6.18 Å². The second kappa shape index (κ2) is 5.17. The Bertz CT molecular complexity index is 1170. The number of hydrogen-bond acceptors (Lipinski definition) is 3. The first-order valence-corrected chi connectivity index (χ1v) is 7.84. The summed E-state index contributed by atoms with van der Waals surface area (Å²) in [4.78, 5) is 17.5. The monoisotopic (exact) mass is 346 g/mol. The van der Waals surface area contributed by atoms with Crippen molar-refractivity contribution in [1.29, 1.82) is 0 Å². The Morgan fingerprint density at radius 1 is 1.08 bits per heavy atom. The summed E-state index contributed by atoms with van der Waals surface area (Å²) in [7, 11) is 0. The number of aromatic nitrogens is 2. The minimum Gasteiger partial charge on any atom is -0.267 e. The Morgan fingerprint density at radius 2 is 1.88 bits per heavy atom. The minimum absolute atomic E-state index is 0.277. The summed E-state index contributed by atoms with van der Waals surface area (Å²) in [5.41, 5.74) is 0.719. The van der Waals surface area contributed by atoms with Gasteiger partial charge in [0.2, 0.25) is 0 Å². The van der Waals surface area contributed by atoms with Crippen molar-refractivity contribution in [2.24, 2.45) is 0 Å². The first-order valence-electron chi connectivity index (χ1n) is 7.02. The van der Waals surface area contributed by atoms with E-state index in [1.807, 2.05) is 18.2 Å². The molecule has 0 amide bonds. The number of fused-ring (bicyclic) bond motifs is 3. The van der Waals surface area contributed by atoms with Gasteiger partial charge in [0, 0.05) is 0 Å². The second-order valence-electron chi connectivity index (χ2n) is 5.26. The van der Waals surface area contributed by atoms with Gasteiger partial charge in [-0.25, -0.2) is 9.38 Å². The minimum atomic E-state index is -4.41. The van der Waals surface area contributed by atoms with Crippen LogP contribution in [0.1, 0.15) is 11.1 Å². The Kier molecular flexibility index (Phi) is 3.21. The normalized spacial score (nSPS) is 13.2. The molecule has 0 spiro atoms. The smallest absolute Gasteiger partial charge is 0.267 e. The molecule has 0 saturated heterocycles. The molecule has 24 heavy (non-hydrogen) atoms. The molecule has 0 unspecified atom stereocenters. The average Bonchev–Trinajstić information content (AvgIpc) is 3.04. The van der Waals surface area contributed by atoms with Crippen molar-refractivity contribution in [2.75, 3.05) is 0 Å². The van der Waals surface area contributed by atoms with E-state index in [0.717, 1.165) is 23.5 Å². The molecule has 0 saturated carbocycles. The molecule has 0 radical (unpaired) electrons. The van der Waals surface area contributed by atoms with E-state index in [0.29, 0.717) is 26.1 Å². The highest BCUT2D eigenvalue weighted by atomic mass is 32.1. The summed E-state index contributed by atoms with van der Waals surface area (Å²) >= 11 is 1.16. The van der Waals surface area contributed by atoms with E-state index in [2.05, 4.69) is 4.98 Å². The highest BCUT2D eigenvalue weighted by Gasteiger charge is 2.30. The Hall–Kier alpha value is -2.67. The molecule has 0 aliphatic heterocycles. The molecule has 0 aliphatic rings. The molecule has 2 aromatic carbocycles. The zero-order chi connectivity index (χ0) is 16.9. The zero-order valence-corrected chi connectivity index (χ0v) is 12.9. The summed E-state index contributed by atoms with van der Waals surface area (Å²) in [6.07, 6.45) is -2.95. The second-order valence-corrected chi connectivity index (χ2v) is 6.27. The number of benzene rings is 2. The number of thiazole rings is 1. The van der Waals surface area contributed by atoms with E-state index in [1.165, 1.54) is 22.6 Å². The number of rotatable bonds is 1. The maximum atomic E-state index is 12.8. The number of hydrogen-bond donors (Lipinski definition) is 0. The van der Waals surface area contributed by atoms with Crippen LogP contribution in [0.4, 0.5) is 13.2 Å². The number of halogens is 3. The number of para-hydroxylation sites is 2. The van der Waals surface area contributed by atoms with Crippen LogP contribution in [0.2, 0.25) is 0 Å². The predicted molar refractivity (Wildman–Crippen MR) is 87.1 cm³/mol. The SMILES string of the molecule is O=c1c(=Cc2cccc(C(F)(F)F)c2)sc2nc3ccccc3n12. The molecule has 0 fully saturated rings. The van der Waals surface area contributed by atoms with Crippen LogP contribution in [0.3, 0.4) is 0 Å². The maximum Gasteiger partial charge on any atom is 0.416 e. The molecule has 120 valence electrons. The first-order chi connectivity index (χ1) is 11.4. The molecular formula is C17H9F3N2OS. The van der Waals surface area contributed by atoms with Gasteiger partial charge in [0.15, 0.2) is 4.96 Å². The van der Waals surface area contributed by atoms with Crippen LogP contribution in [0.5, 0.6) is 0 Å². The van der Waals surface area contributed by atoms with Crippen LogP contribution in [-0.4, -0.2) is 9.38 Å². The van der Waals surface area contributed by atoms with Crippen LogP contribution in [-0.2, 0) is 6.18 Å². The lowest BCUT2D eigenvalue weighted by molar-refractivity contribution is -0.137. The lowest BCUT2D eigenvalue weighted by Crippen LogP contribution is -2.22. The van der Waals surface area contributed by atoms with E-state index in [-0.39, 0.29) is 5.56 Å². The summed E-state index contributed by atoms with van der Waals surface area (Å²) in [6, 6.07) is 12.1. The zero-order valence-electron chi connectivity index (χ0n) is 12.0. The maximum absolute atomic E-state index is 12.8. The number of imidazole rings is 1. The van der Waals surface area contributed by atoms with Gasteiger partial charge in [0.1, 0.15) is 0 Å². The van der Waals surface area contributed by atoms with E-state index in [9.17, 15) is 18.0 Å². The van der Waals surface area contributed by atoms with Gasteiger partial charge < -0.3 is 0 Å². The third-order valence-corrected chi connectivity index (χ3v) is 4.63. The number of alkyl halides is 3. The van der Waals surface area contributed by atoms with Crippen LogP contribution < -0.4 is 10.1 Å². The lowest BCUT2D eigenvalue weighted by atomic mass is 10.1. The van der Waals surface area contributed by atoms with Crippen LogP contribution in [0, 0.1) is 0 Å². The van der Waals surface area contributed by atoms with Crippen LogP contribution >= 0.6 is 11.3 Å². The lowest BCUT2D eigenvalue weighted by Gasteiger charge is -2.06. The van der Waals surface area contributed by atoms with Gasteiger partial charge >= 0.3 is 6.18 Å². The summed E-state index contributed by atoms with van der Waals surface area (Å²) in [6.45, 7) is 0. The standard InChI is InChI=1S/C17H9F3N2OS/c18-17(19,20)11-5-3-4-10(8-11)9-14-15(23)22-13-7-2-1-6-12(13)21-16(22)24-14/h1-9H. The van der Waals surface area contributed by atoms with Crippen molar-refractivity contribution in [1.82, 2.24) is 9.38 Å². The van der Waals surface area contributed by atoms with Crippen molar-refractivity contribution in [3.8, 4) is 0 Å². The fourth-order valence-corrected chi connectivity index (χ4v) is 3.55. The largest absolute Gasteiger partial charge is 0.416 e. The Balaban J connectivity index is 1.92. The van der Waals surface area contributed by atoms with Crippen LogP contribution in [0.15, 0.2) is 53.3 Å². The van der Waals surface area contributed by atoms with Crippen molar-refractivity contribution in [3.63, 3.8) is 0 Å². The van der Waals surface area contributed by atoms with Crippen molar-refractivity contribution in [3.05, 3.63) is 74.5 Å². The van der Waals surface area contributed by atoms with Crippen LogP contribution in [0.25, 0.3) is 22.1 Å². The predicted octanol–water partition coefficient (Wildman–Crippen LogP) is 3.48. The summed E-state index contributed by atoms with van der Waals surface area (Å²) in [5, 5.41) is 0. The van der Waals surface area contributed by atoms with E-state index in [1.54, 1.807) is 6.07 Å². The molecule has 2 aromatic heterocycles. The molecule has 3 nitrogen and oxygen atoms in total. The summed E-state index contributed by atoms with van der Waals surface area (Å²) in [5.74, 6) is 0. The topological polar surface area (TPSA) is 34.4 Å². The fraction of sp³-hybridized carbons (Fsp3) is 0.0588. The third kappa shape index (κ3) is 2.37. The first kappa shape index (κ1) is 14.9. The molecule has 0 atom stereocenters. The van der Waals surface area contributed by atoms with Crippen molar-refractivity contribution < 1.29 is 13.2 Å². The third-order valence-electron chi connectivity index (χ3n) is 3.66. The molecule has 0 aliphatic carbocycles.